The van der Waals surface area contributed by atoms with Crippen molar-refractivity contribution in [1.82, 2.24) is 0 Å². The fourth-order valence-electron chi connectivity index (χ4n) is 0. The Morgan fingerprint density at radius 2 is 0.500 bits per heavy atom. The predicted octanol–water partition coefficient (Wildman–Crippen LogP) is -1.46. The quantitative estimate of drug-likeness (QED) is 0.291. The van der Waals surface area contributed by atoms with Crippen molar-refractivity contribution in [3.8, 4) is 0 Å². The summed E-state index contributed by atoms with van der Waals surface area (Å²) in [4.78, 5) is 0. The van der Waals surface area contributed by atoms with E-state index in [4.69, 9.17) is 0 Å². The summed E-state index contributed by atoms with van der Waals surface area (Å²) in [5, 5.41) is 0. The molecule has 0 spiro atoms. The standard InChI is InChI=1S/GeH4.3Ta/h1H4;;;. The van der Waals surface area contributed by atoms with Crippen molar-refractivity contribution in [2.75, 3.05) is 0 Å². The van der Waals surface area contributed by atoms with Crippen LogP contribution in [0.3, 0.4) is 0 Å². The molecule has 0 fully saturated rings. The second kappa shape index (κ2) is 17.1. The fourth-order valence-corrected chi connectivity index (χ4v) is 0. The van der Waals surface area contributed by atoms with Crippen molar-refractivity contribution in [3.05, 3.63) is 0 Å². The summed E-state index contributed by atoms with van der Waals surface area (Å²) in [5.74, 6) is 0. The van der Waals surface area contributed by atoms with Crippen LogP contribution in [0.4, 0.5) is 0 Å². The van der Waals surface area contributed by atoms with Gasteiger partial charge in [0.25, 0.3) is 0 Å². The van der Waals surface area contributed by atoms with E-state index in [2.05, 4.69) is 0 Å². The van der Waals surface area contributed by atoms with Crippen LogP contribution in [0.15, 0.2) is 0 Å². The van der Waals surface area contributed by atoms with Gasteiger partial charge in [0.1, 0.15) is 0 Å². The van der Waals surface area contributed by atoms with E-state index in [0.29, 0.717) is 0 Å². The summed E-state index contributed by atoms with van der Waals surface area (Å²) < 4.78 is 0. The van der Waals surface area contributed by atoms with Crippen LogP contribution in [0, 0.1) is 0 Å². The van der Waals surface area contributed by atoms with E-state index in [0.717, 1.165) is 0 Å². The van der Waals surface area contributed by atoms with E-state index < -0.39 is 0 Å². The van der Waals surface area contributed by atoms with Gasteiger partial charge >= 0.3 is 17.6 Å². The maximum Gasteiger partial charge on any atom is 0 e. The molecule has 0 aromatic carbocycles. The molecule has 4 heavy (non-hydrogen) atoms. The van der Waals surface area contributed by atoms with E-state index >= 15 is 0 Å². The molecule has 0 saturated heterocycles. The number of hydrogen-bond donors (Lipinski definition) is 0. The van der Waals surface area contributed by atoms with Crippen molar-refractivity contribution in [1.29, 1.82) is 0 Å². The zero-order valence-corrected chi connectivity index (χ0v) is 11.0. The third-order valence-corrected chi connectivity index (χ3v) is 0. The Hall–Kier alpha value is 2.76. The molecule has 0 saturated carbocycles. The van der Waals surface area contributed by atoms with Crippen LogP contribution in [0.5, 0.6) is 0 Å². The normalized spacial score (nSPS) is 0. The van der Waals surface area contributed by atoms with Gasteiger partial charge in [0.05, 0.1) is 0 Å². The first-order valence-corrected chi connectivity index (χ1v) is 0. The van der Waals surface area contributed by atoms with Crippen molar-refractivity contribution < 1.29 is 67.1 Å². The molecule has 0 rings (SSSR count). The predicted molar refractivity (Wildman–Crippen MR) is 11.3 cm³/mol. The second-order valence-corrected chi connectivity index (χ2v) is 0. The summed E-state index contributed by atoms with van der Waals surface area (Å²) in [6, 6.07) is 0. The summed E-state index contributed by atoms with van der Waals surface area (Å²) in [6.07, 6.45) is 0. The molecular weight excluding hydrogens is 615 g/mol. The molecule has 0 aromatic heterocycles. The van der Waals surface area contributed by atoms with Gasteiger partial charge in [-0.15, -0.1) is 0 Å². The van der Waals surface area contributed by atoms with Crippen LogP contribution in [0.2, 0.25) is 0 Å². The van der Waals surface area contributed by atoms with E-state index in [1.165, 1.54) is 0 Å². The fraction of sp³-hybridized carbons (Fsp3) is 0. The van der Waals surface area contributed by atoms with Crippen LogP contribution in [-0.2, 0) is 67.1 Å². The zero-order valence-electron chi connectivity index (χ0n) is 1.34. The maximum absolute atomic E-state index is 0. The Labute approximate surface area is 83.4 Å². The first-order valence-electron chi connectivity index (χ1n) is 0. The van der Waals surface area contributed by atoms with Gasteiger partial charge in [-0.25, -0.2) is 0 Å². The van der Waals surface area contributed by atoms with Gasteiger partial charge in [-0.05, 0) is 0 Å². The molecule has 23 valence electrons. The Bertz CT molecular complexity index is 3.25. The van der Waals surface area contributed by atoms with Crippen molar-refractivity contribution in [3.63, 3.8) is 0 Å². The SMILES string of the molecule is [GeH4].[Ta].[Ta].[Ta]. The molecule has 0 aliphatic heterocycles. The minimum absolute atomic E-state index is 0. The molecule has 0 heterocycles. The van der Waals surface area contributed by atoms with E-state index in [1.54, 1.807) is 0 Å². The number of rotatable bonds is 0. The van der Waals surface area contributed by atoms with Crippen LogP contribution in [0.25, 0.3) is 0 Å². The van der Waals surface area contributed by atoms with Gasteiger partial charge in [0, 0.05) is 67.1 Å². The summed E-state index contributed by atoms with van der Waals surface area (Å²) in [7, 11) is 0. The third-order valence-electron chi connectivity index (χ3n) is 0. The van der Waals surface area contributed by atoms with E-state index in [-0.39, 0.29) is 84.7 Å². The van der Waals surface area contributed by atoms with Crippen LogP contribution >= 0.6 is 0 Å². The van der Waals surface area contributed by atoms with E-state index in [9.17, 15) is 0 Å². The number of hydrogen-bond acceptors (Lipinski definition) is 0. The van der Waals surface area contributed by atoms with Crippen molar-refractivity contribution in [2.24, 2.45) is 0 Å². The minimum Gasteiger partial charge on any atom is 0 e. The molecule has 0 aliphatic rings. The Morgan fingerprint density at radius 3 is 0.500 bits per heavy atom. The molecule has 0 atom stereocenters. The van der Waals surface area contributed by atoms with Gasteiger partial charge in [-0.2, -0.15) is 0 Å². The molecule has 0 bridgehead atoms. The molecule has 4 heteroatoms. The molecular formula is H4GeTa3. The van der Waals surface area contributed by atoms with Gasteiger partial charge in [0.15, 0.2) is 0 Å². The molecule has 0 aliphatic carbocycles. The monoisotopic (exact) mass is 621 g/mol. The molecule has 0 N–H and O–H groups in total. The van der Waals surface area contributed by atoms with Gasteiger partial charge < -0.3 is 0 Å². The van der Waals surface area contributed by atoms with Crippen LogP contribution in [-0.4, -0.2) is 17.6 Å². The molecule has 3 radical (unpaired) electrons. The Morgan fingerprint density at radius 1 is 0.500 bits per heavy atom. The summed E-state index contributed by atoms with van der Waals surface area (Å²) in [5.41, 5.74) is 0. The molecule has 0 unspecified atom stereocenters. The van der Waals surface area contributed by atoms with Gasteiger partial charge in [-0.1, -0.05) is 0 Å². The Balaban J connectivity index is 0. The summed E-state index contributed by atoms with van der Waals surface area (Å²) >= 11 is 0. The van der Waals surface area contributed by atoms with Crippen LogP contribution in [0.1, 0.15) is 0 Å². The van der Waals surface area contributed by atoms with Gasteiger partial charge in [-0.3, -0.25) is 0 Å². The minimum atomic E-state index is 0. The molecule has 0 aromatic rings. The van der Waals surface area contributed by atoms with E-state index in [1.807, 2.05) is 0 Å². The topological polar surface area (TPSA) is 0 Å². The molecule has 0 nitrogen and oxygen atoms in total. The first-order chi connectivity index (χ1) is 0. The average Bonchev–Trinajstić information content (AvgIpc) is 0. The average molecular weight is 619 g/mol. The van der Waals surface area contributed by atoms with Crippen molar-refractivity contribution in [2.45, 2.75) is 0 Å². The smallest absolute Gasteiger partial charge is 0 e. The van der Waals surface area contributed by atoms with Gasteiger partial charge in [0.2, 0.25) is 0 Å². The Kier molecular flexibility index (Phi) is 126. The molecule has 0 amide bonds. The largest absolute Gasteiger partial charge is 0 e. The second-order valence-electron chi connectivity index (χ2n) is 0. The zero-order chi connectivity index (χ0) is 0. The first kappa shape index (κ1) is 29.4. The summed E-state index contributed by atoms with van der Waals surface area (Å²) in [6.45, 7) is 0. The third kappa shape index (κ3) is 8.83. The van der Waals surface area contributed by atoms with Crippen LogP contribution < -0.4 is 0 Å². The van der Waals surface area contributed by atoms with Crippen molar-refractivity contribution >= 4 is 17.6 Å². The maximum atomic E-state index is 0.